The number of hydrazone groups is 1. The van der Waals surface area contributed by atoms with E-state index in [0.29, 0.717) is 22.7 Å². The average molecular weight is 417 g/mol. The van der Waals surface area contributed by atoms with E-state index in [0.717, 1.165) is 11.1 Å². The van der Waals surface area contributed by atoms with Crippen LogP contribution in [-0.2, 0) is 4.84 Å². The lowest BCUT2D eigenvalue weighted by Gasteiger charge is -2.10. The molecule has 7 heteroatoms. The van der Waals surface area contributed by atoms with E-state index >= 15 is 0 Å². The van der Waals surface area contributed by atoms with Gasteiger partial charge in [-0.3, -0.25) is 10.2 Å². The van der Waals surface area contributed by atoms with Crippen LogP contribution in [0.25, 0.3) is 11.1 Å². The number of nitrogens with zero attached hydrogens (tertiary/aromatic N) is 2. The number of rotatable bonds is 9. The van der Waals surface area contributed by atoms with Crippen LogP contribution in [0.15, 0.2) is 83.1 Å². The molecular weight excluding hydrogens is 394 g/mol. The second-order valence-electron chi connectivity index (χ2n) is 6.36. The Labute approximate surface area is 181 Å². The first-order valence-corrected chi connectivity index (χ1v) is 9.48. The molecule has 0 fully saturated rings. The number of hydrogen-bond acceptors (Lipinski definition) is 7. The summed E-state index contributed by atoms with van der Waals surface area (Å²) in [5.41, 5.74) is 6.06. The minimum Gasteiger partial charge on any atom is -0.497 e. The zero-order valence-corrected chi connectivity index (χ0v) is 17.5. The summed E-state index contributed by atoms with van der Waals surface area (Å²) in [6.45, 7) is 0. The van der Waals surface area contributed by atoms with Gasteiger partial charge < -0.3 is 14.3 Å². The molecule has 0 aromatic heterocycles. The summed E-state index contributed by atoms with van der Waals surface area (Å²) in [7, 11) is 4.50. The van der Waals surface area contributed by atoms with Crippen LogP contribution in [0.4, 0.5) is 5.69 Å². The Bertz CT molecular complexity index is 1080. The molecule has 7 nitrogen and oxygen atoms in total. The fraction of sp³-hybridized carbons (Fsp3) is 0.125. The molecule has 0 radical (unpaired) electrons. The van der Waals surface area contributed by atoms with Crippen molar-refractivity contribution in [3.63, 3.8) is 0 Å². The van der Waals surface area contributed by atoms with Gasteiger partial charge in [0.05, 0.1) is 26.1 Å². The SMILES string of the molecule is CO/N=C\C(=N/Nc1ccc(OC)cc1OC)C(=O)c1ccc(-c2ccccc2)cc1. The Hall–Kier alpha value is -4.13. The van der Waals surface area contributed by atoms with Gasteiger partial charge in [0.2, 0.25) is 5.78 Å². The Morgan fingerprint density at radius 1 is 0.871 bits per heavy atom. The first-order chi connectivity index (χ1) is 15.2. The van der Waals surface area contributed by atoms with Crippen LogP contribution in [0.3, 0.4) is 0 Å². The molecule has 3 aromatic carbocycles. The normalized spacial score (nSPS) is 11.3. The minimum absolute atomic E-state index is 0.0761. The number of ether oxygens (including phenoxy) is 2. The molecule has 0 saturated carbocycles. The molecule has 0 atom stereocenters. The first kappa shape index (κ1) is 21.6. The summed E-state index contributed by atoms with van der Waals surface area (Å²) in [6, 6.07) is 22.5. The highest BCUT2D eigenvalue weighted by molar-refractivity contribution is 6.64. The molecule has 3 rings (SSSR count). The highest BCUT2D eigenvalue weighted by atomic mass is 16.6. The van der Waals surface area contributed by atoms with Gasteiger partial charge in [-0.1, -0.05) is 59.8 Å². The molecule has 0 spiro atoms. The van der Waals surface area contributed by atoms with Crippen molar-refractivity contribution >= 4 is 23.4 Å². The molecule has 0 aliphatic carbocycles. The van der Waals surface area contributed by atoms with Gasteiger partial charge in [-0.05, 0) is 23.3 Å². The summed E-state index contributed by atoms with van der Waals surface area (Å²) in [4.78, 5) is 17.7. The number of oxime groups is 1. The van der Waals surface area contributed by atoms with E-state index in [2.05, 4.69) is 15.7 Å². The Kier molecular flexibility index (Phi) is 7.37. The van der Waals surface area contributed by atoms with Gasteiger partial charge in [0.1, 0.15) is 18.6 Å². The van der Waals surface area contributed by atoms with Gasteiger partial charge in [-0.15, -0.1) is 0 Å². The second kappa shape index (κ2) is 10.6. The maximum Gasteiger partial charge on any atom is 0.214 e. The number of Topliss-reactive ketones (excluding diaryl/α,β-unsaturated/α-hetero) is 1. The quantitative estimate of drug-likeness (QED) is 0.311. The third-order valence-electron chi connectivity index (χ3n) is 4.47. The molecule has 158 valence electrons. The van der Waals surface area contributed by atoms with Gasteiger partial charge in [0.15, 0.2) is 5.71 Å². The van der Waals surface area contributed by atoms with Crippen molar-refractivity contribution < 1.29 is 19.1 Å². The second-order valence-corrected chi connectivity index (χ2v) is 6.36. The number of hydrogen-bond donors (Lipinski definition) is 1. The van der Waals surface area contributed by atoms with Crippen molar-refractivity contribution in [2.45, 2.75) is 0 Å². The van der Waals surface area contributed by atoms with Crippen molar-refractivity contribution in [2.24, 2.45) is 10.3 Å². The number of carbonyl (C=O) groups is 1. The zero-order valence-electron chi connectivity index (χ0n) is 17.5. The molecule has 3 aromatic rings. The molecule has 0 unspecified atom stereocenters. The lowest BCUT2D eigenvalue weighted by Crippen LogP contribution is -2.18. The molecule has 31 heavy (non-hydrogen) atoms. The van der Waals surface area contributed by atoms with E-state index in [1.54, 1.807) is 37.4 Å². The predicted molar refractivity (Wildman–Crippen MR) is 122 cm³/mol. The zero-order chi connectivity index (χ0) is 22.1. The van der Waals surface area contributed by atoms with Crippen LogP contribution in [-0.4, -0.2) is 39.0 Å². The minimum atomic E-state index is -0.305. The van der Waals surface area contributed by atoms with E-state index in [-0.39, 0.29) is 11.5 Å². The van der Waals surface area contributed by atoms with Crippen LogP contribution in [0.1, 0.15) is 10.4 Å². The molecule has 0 amide bonds. The molecule has 0 heterocycles. The highest BCUT2D eigenvalue weighted by Gasteiger charge is 2.14. The van der Waals surface area contributed by atoms with Crippen LogP contribution in [0, 0.1) is 0 Å². The number of ketones is 1. The predicted octanol–water partition coefficient (Wildman–Crippen LogP) is 4.65. The maximum atomic E-state index is 13.0. The van der Waals surface area contributed by atoms with Gasteiger partial charge in [0, 0.05) is 11.6 Å². The van der Waals surface area contributed by atoms with E-state index < -0.39 is 0 Å². The number of methoxy groups -OCH3 is 2. The van der Waals surface area contributed by atoms with Crippen molar-refractivity contribution in [1.29, 1.82) is 0 Å². The van der Waals surface area contributed by atoms with E-state index in [1.165, 1.54) is 20.4 Å². The van der Waals surface area contributed by atoms with Crippen molar-refractivity contribution in [3.8, 4) is 22.6 Å². The molecule has 0 aliphatic heterocycles. The first-order valence-electron chi connectivity index (χ1n) is 9.48. The molecule has 0 bridgehead atoms. The smallest absolute Gasteiger partial charge is 0.214 e. The van der Waals surface area contributed by atoms with Gasteiger partial charge in [-0.25, -0.2) is 0 Å². The van der Waals surface area contributed by atoms with Gasteiger partial charge in [-0.2, -0.15) is 5.10 Å². The summed E-state index contributed by atoms with van der Waals surface area (Å²) in [5, 5.41) is 7.92. The molecule has 1 N–H and O–H groups in total. The van der Waals surface area contributed by atoms with Crippen LogP contribution in [0.2, 0.25) is 0 Å². The van der Waals surface area contributed by atoms with Gasteiger partial charge in [0.25, 0.3) is 0 Å². The fourth-order valence-electron chi connectivity index (χ4n) is 2.84. The number of nitrogens with one attached hydrogen (secondary N) is 1. The topological polar surface area (TPSA) is 81.5 Å². The Morgan fingerprint density at radius 3 is 2.23 bits per heavy atom. The fourth-order valence-corrected chi connectivity index (χ4v) is 2.84. The van der Waals surface area contributed by atoms with E-state index in [4.69, 9.17) is 14.3 Å². The van der Waals surface area contributed by atoms with Crippen LogP contribution in [0.5, 0.6) is 11.5 Å². The van der Waals surface area contributed by atoms with Crippen molar-refractivity contribution in [2.75, 3.05) is 26.8 Å². The number of anilines is 1. The molecule has 0 aliphatic rings. The lowest BCUT2D eigenvalue weighted by atomic mass is 10.0. The summed E-state index contributed by atoms with van der Waals surface area (Å²) in [6.07, 6.45) is 1.26. The summed E-state index contributed by atoms with van der Waals surface area (Å²) in [5.74, 6) is 0.855. The Morgan fingerprint density at radius 2 is 1.58 bits per heavy atom. The highest BCUT2D eigenvalue weighted by Crippen LogP contribution is 2.29. The monoisotopic (exact) mass is 417 g/mol. The molecule has 0 saturated heterocycles. The maximum absolute atomic E-state index is 13.0. The number of carbonyl (C=O) groups excluding carboxylic acids is 1. The lowest BCUT2D eigenvalue weighted by molar-refractivity contribution is 0.106. The van der Waals surface area contributed by atoms with E-state index in [9.17, 15) is 4.79 Å². The van der Waals surface area contributed by atoms with Crippen molar-refractivity contribution in [1.82, 2.24) is 0 Å². The standard InChI is InChI=1S/C24H23N3O4/c1-29-20-13-14-21(23(15-20)30-2)26-27-22(16-25-31-3)24(28)19-11-9-18(10-12-19)17-7-5-4-6-8-17/h4-16,26H,1-3H3/b25-16-,27-22+. The molecular formula is C24H23N3O4. The van der Waals surface area contributed by atoms with Gasteiger partial charge >= 0.3 is 0 Å². The largest absolute Gasteiger partial charge is 0.497 e. The third kappa shape index (κ3) is 5.48. The summed E-state index contributed by atoms with van der Waals surface area (Å²) < 4.78 is 10.5. The van der Waals surface area contributed by atoms with E-state index in [1.807, 2.05) is 42.5 Å². The van der Waals surface area contributed by atoms with Crippen LogP contribution >= 0.6 is 0 Å². The number of benzene rings is 3. The Balaban J connectivity index is 1.85. The average Bonchev–Trinajstić information content (AvgIpc) is 2.84. The summed E-state index contributed by atoms with van der Waals surface area (Å²) >= 11 is 0. The van der Waals surface area contributed by atoms with Crippen molar-refractivity contribution in [3.05, 3.63) is 78.4 Å². The van der Waals surface area contributed by atoms with Crippen LogP contribution < -0.4 is 14.9 Å². The third-order valence-corrected chi connectivity index (χ3v) is 4.47.